The molecule has 4 unspecified atom stereocenters. The molecule has 0 bridgehead atoms. The summed E-state index contributed by atoms with van der Waals surface area (Å²) in [7, 11) is 0. The van der Waals surface area contributed by atoms with E-state index in [1.165, 1.54) is 83.5 Å². The Bertz CT molecular complexity index is 590. The molecule has 1 heterocycles. The van der Waals surface area contributed by atoms with Crippen molar-refractivity contribution in [2.24, 2.45) is 5.92 Å². The summed E-state index contributed by atoms with van der Waals surface area (Å²) in [5.41, 5.74) is 0.0435. The maximum Gasteiger partial charge on any atom is 0.306 e. The number of unbranched alkanes of at least 4 members (excludes halogenated alkanes) is 14. The Morgan fingerprint density at radius 1 is 0.833 bits per heavy atom. The first-order valence-corrected chi connectivity index (χ1v) is 15.9. The predicted molar refractivity (Wildman–Crippen MR) is 158 cm³/mol. The predicted octanol–water partition coefficient (Wildman–Crippen LogP) is 10.0. The van der Waals surface area contributed by atoms with Gasteiger partial charge in [0, 0.05) is 36.4 Å². The summed E-state index contributed by atoms with van der Waals surface area (Å²) >= 11 is 0. The molecule has 0 aromatic rings. The quantitative estimate of drug-likeness (QED) is 0.0882. The zero-order chi connectivity index (χ0) is 26.9. The van der Waals surface area contributed by atoms with Crippen LogP contribution < -0.4 is 0 Å². The number of carbonyl (C=O) groups is 1. The van der Waals surface area contributed by atoms with Gasteiger partial charge in [0.15, 0.2) is 0 Å². The van der Waals surface area contributed by atoms with E-state index in [2.05, 4.69) is 53.0 Å². The largest absolute Gasteiger partial charge is 0.462 e. The lowest BCUT2D eigenvalue weighted by Gasteiger charge is -2.60. The van der Waals surface area contributed by atoms with Crippen molar-refractivity contribution in [3.63, 3.8) is 0 Å². The second-order valence-electron chi connectivity index (χ2n) is 12.2. The summed E-state index contributed by atoms with van der Waals surface area (Å²) in [6.07, 6.45) is 25.8. The Hall–Kier alpha value is -0.830. The van der Waals surface area contributed by atoms with E-state index < -0.39 is 0 Å². The highest BCUT2D eigenvalue weighted by Gasteiger charge is 2.53. The topological polar surface area (TPSA) is 29.5 Å². The standard InChI is InChI=1S/C33H63NO2/c1-8-12-13-14-15-16-17-18-19-20-21-22-23-24-25-26-31(35)36-30-28-32(6,10-3)34(27-9-2)33(7,11-4)29(30)5/h9,29-30H,2,8,10-28H2,1,3-7H3. The first-order chi connectivity index (χ1) is 17.3. The third-order valence-electron chi connectivity index (χ3n) is 9.50. The molecule has 0 spiro atoms. The lowest BCUT2D eigenvalue weighted by Crippen LogP contribution is -2.68. The smallest absolute Gasteiger partial charge is 0.306 e. The van der Waals surface area contributed by atoms with Crippen LogP contribution in [-0.4, -0.2) is 34.6 Å². The minimum absolute atomic E-state index is 0.00445. The van der Waals surface area contributed by atoms with Crippen LogP contribution in [0.2, 0.25) is 0 Å². The minimum atomic E-state index is 0.00445. The van der Waals surface area contributed by atoms with Crippen LogP contribution in [0.15, 0.2) is 12.7 Å². The average Bonchev–Trinajstić information content (AvgIpc) is 2.87. The van der Waals surface area contributed by atoms with Crippen molar-refractivity contribution in [3.8, 4) is 0 Å². The molecule has 36 heavy (non-hydrogen) atoms. The Labute approximate surface area is 226 Å². The summed E-state index contributed by atoms with van der Waals surface area (Å²) in [5.74, 6) is 0.322. The van der Waals surface area contributed by atoms with Crippen molar-refractivity contribution in [2.45, 2.75) is 181 Å². The van der Waals surface area contributed by atoms with E-state index in [4.69, 9.17) is 4.74 Å². The summed E-state index contributed by atoms with van der Waals surface area (Å²) in [5, 5.41) is 0. The number of hydrogen-bond acceptors (Lipinski definition) is 3. The molecule has 1 rings (SSSR count). The van der Waals surface area contributed by atoms with Crippen LogP contribution in [0.4, 0.5) is 0 Å². The number of likely N-dealkylation sites (tertiary alicyclic amines) is 1. The van der Waals surface area contributed by atoms with Gasteiger partial charge >= 0.3 is 5.97 Å². The first-order valence-electron chi connectivity index (χ1n) is 15.9. The Kier molecular flexibility index (Phi) is 17.0. The summed E-state index contributed by atoms with van der Waals surface area (Å²) in [4.78, 5) is 15.4. The van der Waals surface area contributed by atoms with Gasteiger partial charge in [-0.1, -0.05) is 124 Å². The fourth-order valence-corrected chi connectivity index (χ4v) is 6.40. The lowest BCUT2D eigenvalue weighted by molar-refractivity contribution is -0.175. The third kappa shape index (κ3) is 10.9. The van der Waals surface area contributed by atoms with Gasteiger partial charge in [-0.15, -0.1) is 6.58 Å². The SMILES string of the molecule is C=CCN1C(C)(CC)CC(OC(=O)CCCCCCCCCCCCCCCCC)C(C)C1(C)CC. The van der Waals surface area contributed by atoms with E-state index in [9.17, 15) is 4.79 Å². The second kappa shape index (κ2) is 18.4. The van der Waals surface area contributed by atoms with E-state index in [1.807, 2.05) is 6.08 Å². The van der Waals surface area contributed by atoms with Crippen LogP contribution >= 0.6 is 0 Å². The molecule has 0 radical (unpaired) electrons. The van der Waals surface area contributed by atoms with E-state index in [-0.39, 0.29) is 23.2 Å². The number of nitrogens with zero attached hydrogens (tertiary/aromatic N) is 1. The van der Waals surface area contributed by atoms with E-state index >= 15 is 0 Å². The fraction of sp³-hybridized carbons (Fsp3) is 0.909. The van der Waals surface area contributed by atoms with Gasteiger partial charge in [-0.05, 0) is 33.1 Å². The van der Waals surface area contributed by atoms with Gasteiger partial charge < -0.3 is 4.74 Å². The highest BCUT2D eigenvalue weighted by Crippen LogP contribution is 2.46. The van der Waals surface area contributed by atoms with Gasteiger partial charge in [0.1, 0.15) is 6.10 Å². The monoisotopic (exact) mass is 505 g/mol. The minimum Gasteiger partial charge on any atom is -0.462 e. The number of piperidine rings is 1. The van der Waals surface area contributed by atoms with Gasteiger partial charge in [0.25, 0.3) is 0 Å². The van der Waals surface area contributed by atoms with Crippen molar-refractivity contribution in [3.05, 3.63) is 12.7 Å². The molecule has 0 aromatic carbocycles. The normalized spacial score (nSPS) is 26.7. The fourth-order valence-electron chi connectivity index (χ4n) is 6.40. The van der Waals surface area contributed by atoms with Crippen LogP contribution in [0, 0.1) is 5.92 Å². The molecule has 3 nitrogen and oxygen atoms in total. The Morgan fingerprint density at radius 2 is 1.31 bits per heavy atom. The number of esters is 1. The molecule has 0 saturated carbocycles. The third-order valence-corrected chi connectivity index (χ3v) is 9.50. The molecular weight excluding hydrogens is 442 g/mol. The number of ether oxygens (including phenoxy) is 1. The van der Waals surface area contributed by atoms with E-state index in [1.54, 1.807) is 0 Å². The van der Waals surface area contributed by atoms with E-state index in [0.29, 0.717) is 12.3 Å². The number of hydrogen-bond donors (Lipinski definition) is 0. The maximum atomic E-state index is 12.7. The molecule has 1 saturated heterocycles. The molecule has 0 amide bonds. The molecule has 1 aliphatic heterocycles. The van der Waals surface area contributed by atoms with E-state index in [0.717, 1.165) is 38.6 Å². The molecule has 3 heteroatoms. The number of carbonyl (C=O) groups excluding carboxylic acids is 1. The second-order valence-corrected chi connectivity index (χ2v) is 12.2. The van der Waals surface area contributed by atoms with Crippen LogP contribution in [0.3, 0.4) is 0 Å². The molecule has 0 aromatic heterocycles. The lowest BCUT2D eigenvalue weighted by atomic mass is 9.68. The zero-order valence-electron chi connectivity index (χ0n) is 25.3. The van der Waals surface area contributed by atoms with Crippen molar-refractivity contribution in [1.29, 1.82) is 0 Å². The summed E-state index contributed by atoms with van der Waals surface area (Å²) in [6, 6.07) is 0. The number of rotatable bonds is 21. The molecule has 1 fully saturated rings. The van der Waals surface area contributed by atoms with Gasteiger partial charge in [-0.25, -0.2) is 0 Å². The van der Waals surface area contributed by atoms with Gasteiger partial charge in [-0.2, -0.15) is 0 Å². The van der Waals surface area contributed by atoms with Crippen molar-refractivity contribution < 1.29 is 9.53 Å². The Morgan fingerprint density at radius 3 is 1.72 bits per heavy atom. The molecule has 1 aliphatic rings. The van der Waals surface area contributed by atoms with Crippen LogP contribution in [0.25, 0.3) is 0 Å². The molecule has 4 atom stereocenters. The molecule has 0 aliphatic carbocycles. The van der Waals surface area contributed by atoms with Crippen molar-refractivity contribution >= 4 is 5.97 Å². The van der Waals surface area contributed by atoms with Crippen LogP contribution in [0.1, 0.15) is 164 Å². The molecule has 212 valence electrons. The van der Waals surface area contributed by atoms with Crippen LogP contribution in [-0.2, 0) is 9.53 Å². The molecule has 0 N–H and O–H groups in total. The van der Waals surface area contributed by atoms with Gasteiger partial charge in [0.05, 0.1) is 0 Å². The van der Waals surface area contributed by atoms with Crippen molar-refractivity contribution in [2.75, 3.05) is 6.54 Å². The van der Waals surface area contributed by atoms with Gasteiger partial charge in [0.2, 0.25) is 0 Å². The highest BCUT2D eigenvalue weighted by atomic mass is 16.5. The van der Waals surface area contributed by atoms with Crippen molar-refractivity contribution in [1.82, 2.24) is 4.90 Å². The van der Waals surface area contributed by atoms with Gasteiger partial charge in [-0.3, -0.25) is 9.69 Å². The average molecular weight is 506 g/mol. The van der Waals surface area contributed by atoms with Crippen LogP contribution in [0.5, 0.6) is 0 Å². The first kappa shape index (κ1) is 33.2. The summed E-state index contributed by atoms with van der Waals surface area (Å²) < 4.78 is 6.15. The maximum absolute atomic E-state index is 12.7. The Balaban J connectivity index is 2.22. The zero-order valence-corrected chi connectivity index (χ0v) is 25.3. The molecular formula is C33H63NO2. The summed E-state index contributed by atoms with van der Waals surface area (Å²) in [6.45, 7) is 18.7. The highest BCUT2D eigenvalue weighted by molar-refractivity contribution is 5.69.